The van der Waals surface area contributed by atoms with Crippen LogP contribution in [-0.2, 0) is 9.59 Å². The third kappa shape index (κ3) is 11.0. The fourth-order valence-corrected chi connectivity index (χ4v) is 3.26. The van der Waals surface area contributed by atoms with Gasteiger partial charge in [-0.15, -0.1) is 0 Å². The molecule has 0 saturated carbocycles. The number of nitrogens with zero attached hydrogens (tertiary/aromatic N) is 1. The monoisotopic (exact) mass is 632 g/mol. The summed E-state index contributed by atoms with van der Waals surface area (Å²) >= 11 is 0. The van der Waals surface area contributed by atoms with Crippen molar-refractivity contribution in [2.45, 2.75) is 12.2 Å². The van der Waals surface area contributed by atoms with Crippen LogP contribution in [0.25, 0.3) is 0 Å². The number of aliphatic carboxylic acids is 1. The normalized spacial score (nSPS) is 11.0. The van der Waals surface area contributed by atoms with E-state index in [0.717, 1.165) is 0 Å². The maximum Gasteiger partial charge on any atom is 0.490 e. The molecule has 7 N–H and O–H groups in total. The van der Waals surface area contributed by atoms with Gasteiger partial charge in [-0.25, -0.2) is 9.78 Å². The molecule has 3 aromatic rings. The first-order chi connectivity index (χ1) is 21.3. The summed E-state index contributed by atoms with van der Waals surface area (Å²) in [5.74, 6) is -4.58. The molecule has 0 spiro atoms. The van der Waals surface area contributed by atoms with Crippen molar-refractivity contribution in [2.75, 3.05) is 18.5 Å². The lowest BCUT2D eigenvalue weighted by Gasteiger charge is -2.22. The lowest BCUT2D eigenvalue weighted by molar-refractivity contribution is -0.192. The average Bonchev–Trinajstić information content (AvgIpc) is 3.00. The SMILES string of the molecule is C=CCOc1ccc(C(Nc2ccc(C(=N)N)cc2)C(=O)NNC(=O)c2cccnc2F)cc1OCC=C.O=C(O)C(F)(F)F. The first kappa shape index (κ1) is 35.3. The molecule has 0 aliphatic rings. The number of rotatable bonds is 12. The number of amides is 2. The largest absolute Gasteiger partial charge is 0.490 e. The lowest BCUT2D eigenvalue weighted by atomic mass is 10.0. The summed E-state index contributed by atoms with van der Waals surface area (Å²) in [5, 5.41) is 17.8. The predicted molar refractivity (Wildman–Crippen MR) is 155 cm³/mol. The van der Waals surface area contributed by atoms with Gasteiger partial charge < -0.3 is 25.6 Å². The highest BCUT2D eigenvalue weighted by atomic mass is 19.4. The van der Waals surface area contributed by atoms with Crippen molar-refractivity contribution in [3.05, 3.63) is 109 Å². The number of carbonyl (C=O) groups is 3. The van der Waals surface area contributed by atoms with E-state index >= 15 is 0 Å². The van der Waals surface area contributed by atoms with Gasteiger partial charge in [0.15, 0.2) is 11.5 Å². The number of carbonyl (C=O) groups excluding carboxylic acids is 2. The summed E-state index contributed by atoms with van der Waals surface area (Å²) in [5.41, 5.74) is 11.2. The van der Waals surface area contributed by atoms with E-state index in [1.807, 2.05) is 0 Å². The Bertz CT molecular complexity index is 1530. The van der Waals surface area contributed by atoms with Gasteiger partial charge in [-0.1, -0.05) is 31.4 Å². The van der Waals surface area contributed by atoms with Crippen LogP contribution < -0.4 is 31.4 Å². The number of hydrogen-bond donors (Lipinski definition) is 6. The average molecular weight is 633 g/mol. The smallest absolute Gasteiger partial charge is 0.486 e. The van der Waals surface area contributed by atoms with Crippen molar-refractivity contribution in [1.29, 1.82) is 5.41 Å². The van der Waals surface area contributed by atoms with Crippen molar-refractivity contribution in [3.63, 3.8) is 0 Å². The molecule has 1 atom stereocenters. The summed E-state index contributed by atoms with van der Waals surface area (Å²) in [4.78, 5) is 38.0. The molecule has 2 amide bonds. The molecule has 0 radical (unpaired) electrons. The number of pyridine rings is 1. The van der Waals surface area contributed by atoms with E-state index < -0.39 is 35.9 Å². The van der Waals surface area contributed by atoms with Gasteiger partial charge in [0.2, 0.25) is 5.95 Å². The Labute approximate surface area is 254 Å². The number of benzene rings is 2. The van der Waals surface area contributed by atoms with Crippen molar-refractivity contribution in [1.82, 2.24) is 15.8 Å². The number of halogens is 4. The van der Waals surface area contributed by atoms with Crippen LogP contribution in [0, 0.1) is 11.4 Å². The maximum atomic E-state index is 13.9. The molecule has 1 aromatic heterocycles. The van der Waals surface area contributed by atoms with Crippen LogP contribution in [0.3, 0.4) is 0 Å². The third-order valence-electron chi connectivity index (χ3n) is 5.33. The van der Waals surface area contributed by atoms with Gasteiger partial charge in [0.25, 0.3) is 11.8 Å². The summed E-state index contributed by atoms with van der Waals surface area (Å²) in [7, 11) is 0. The predicted octanol–water partition coefficient (Wildman–Crippen LogP) is 3.88. The highest BCUT2D eigenvalue weighted by molar-refractivity contribution is 5.97. The third-order valence-corrected chi connectivity index (χ3v) is 5.33. The maximum absolute atomic E-state index is 13.9. The number of ether oxygens (including phenoxy) is 2. The second-order valence-electron chi connectivity index (χ2n) is 8.56. The Balaban J connectivity index is 0.000000900. The van der Waals surface area contributed by atoms with Gasteiger partial charge in [0.05, 0.1) is 5.56 Å². The zero-order valence-corrected chi connectivity index (χ0v) is 23.4. The number of aromatic nitrogens is 1. The van der Waals surface area contributed by atoms with Gasteiger partial charge in [-0.2, -0.15) is 17.6 Å². The Kier molecular flexibility index (Phi) is 13.0. The van der Waals surface area contributed by atoms with Crippen molar-refractivity contribution < 1.29 is 46.5 Å². The number of nitrogens with one attached hydrogen (secondary N) is 4. The summed E-state index contributed by atoms with van der Waals surface area (Å²) in [6.07, 6.45) is -0.728. The molecule has 0 fully saturated rings. The van der Waals surface area contributed by atoms with Crippen molar-refractivity contribution in [2.24, 2.45) is 5.73 Å². The number of hydrogen-bond acceptors (Lipinski definition) is 8. The highest BCUT2D eigenvalue weighted by Crippen LogP contribution is 2.32. The van der Waals surface area contributed by atoms with E-state index in [-0.39, 0.29) is 24.6 Å². The minimum absolute atomic E-state index is 0.102. The van der Waals surface area contributed by atoms with Crippen LogP contribution in [0.4, 0.5) is 23.2 Å². The molecule has 238 valence electrons. The van der Waals surface area contributed by atoms with Gasteiger partial charge in [-0.05, 0) is 54.1 Å². The van der Waals surface area contributed by atoms with Gasteiger partial charge in [0, 0.05) is 17.4 Å². The molecule has 0 bridgehead atoms. The molecular formula is C29H28F4N6O6. The Morgan fingerprint density at radius 3 is 2.13 bits per heavy atom. The fourth-order valence-electron chi connectivity index (χ4n) is 3.26. The molecule has 0 saturated heterocycles. The Hall–Kier alpha value is -5.93. The number of anilines is 1. The topological polar surface area (TPSA) is 189 Å². The van der Waals surface area contributed by atoms with Crippen LogP contribution in [-0.4, -0.2) is 53.1 Å². The van der Waals surface area contributed by atoms with Gasteiger partial charge in [0.1, 0.15) is 25.1 Å². The van der Waals surface area contributed by atoms with Crippen LogP contribution in [0.5, 0.6) is 11.5 Å². The van der Waals surface area contributed by atoms with Crippen molar-refractivity contribution in [3.8, 4) is 11.5 Å². The summed E-state index contributed by atoms with van der Waals surface area (Å²) < 4.78 is 57.0. The van der Waals surface area contributed by atoms with E-state index in [2.05, 4.69) is 34.3 Å². The number of nitrogen functional groups attached to an aromatic ring is 1. The molecule has 3 rings (SSSR count). The zero-order valence-electron chi connectivity index (χ0n) is 23.4. The number of hydrazine groups is 1. The number of amidine groups is 1. The van der Waals surface area contributed by atoms with Gasteiger partial charge >= 0.3 is 12.1 Å². The molecule has 0 aliphatic carbocycles. The second kappa shape index (κ2) is 16.6. The van der Waals surface area contributed by atoms with E-state index in [1.54, 1.807) is 54.6 Å². The zero-order chi connectivity index (χ0) is 33.6. The first-order valence-electron chi connectivity index (χ1n) is 12.6. The Morgan fingerprint density at radius 2 is 1.60 bits per heavy atom. The van der Waals surface area contributed by atoms with E-state index in [0.29, 0.717) is 28.3 Å². The summed E-state index contributed by atoms with van der Waals surface area (Å²) in [6.45, 7) is 7.71. The van der Waals surface area contributed by atoms with Crippen molar-refractivity contribution >= 4 is 29.3 Å². The molecular weight excluding hydrogens is 604 g/mol. The van der Waals surface area contributed by atoms with Crippen LogP contribution >= 0.6 is 0 Å². The minimum Gasteiger partial charge on any atom is -0.486 e. The molecule has 2 aromatic carbocycles. The van der Waals surface area contributed by atoms with E-state index in [4.69, 9.17) is 30.5 Å². The van der Waals surface area contributed by atoms with E-state index in [1.165, 1.54) is 18.3 Å². The van der Waals surface area contributed by atoms with Crippen LogP contribution in [0.2, 0.25) is 0 Å². The molecule has 12 nitrogen and oxygen atoms in total. The standard InChI is InChI=1S/C27H27FN6O4.C2HF3O2/c1-3-14-37-21-12-9-18(16-22(21)38-15-4-2)23(32-19-10-7-17(8-11-19)25(29)30)27(36)34-33-26(35)20-6-5-13-31-24(20)28;3-2(4,5)1(6)7/h3-13,16,23,32H,1-2,14-15H2,(H3,29,30)(H,33,35)(H,34,36);(H,6,7). The molecule has 1 unspecified atom stereocenters. The minimum atomic E-state index is -5.08. The van der Waals surface area contributed by atoms with Gasteiger partial charge in [-0.3, -0.25) is 25.8 Å². The number of carboxylic acids is 1. The lowest BCUT2D eigenvalue weighted by Crippen LogP contribution is -2.45. The van der Waals surface area contributed by atoms with Crippen LogP contribution in [0.15, 0.2) is 86.1 Å². The number of carboxylic acid groups (broad SMARTS) is 1. The van der Waals surface area contributed by atoms with Crippen LogP contribution in [0.1, 0.15) is 27.5 Å². The number of alkyl halides is 3. The Morgan fingerprint density at radius 1 is 1.00 bits per heavy atom. The first-order valence-corrected chi connectivity index (χ1v) is 12.6. The molecule has 45 heavy (non-hydrogen) atoms. The van der Waals surface area contributed by atoms with E-state index in [9.17, 15) is 27.2 Å². The highest BCUT2D eigenvalue weighted by Gasteiger charge is 2.38. The fraction of sp³-hybridized carbons (Fsp3) is 0.138. The number of nitrogens with two attached hydrogens (primary N) is 1. The molecule has 0 aliphatic heterocycles. The quantitative estimate of drug-likeness (QED) is 0.0430. The summed E-state index contributed by atoms with van der Waals surface area (Å²) in [6, 6.07) is 13.0. The second-order valence-corrected chi connectivity index (χ2v) is 8.56. The molecule has 1 heterocycles. The molecule has 16 heteroatoms.